The quantitative estimate of drug-likeness (QED) is 0.744. The van der Waals surface area contributed by atoms with Crippen LogP contribution in [0.15, 0.2) is 30.3 Å². The molecule has 1 heterocycles. The van der Waals surface area contributed by atoms with Crippen molar-refractivity contribution in [2.24, 2.45) is 5.92 Å². The molecule has 1 aliphatic rings. The van der Waals surface area contributed by atoms with Gasteiger partial charge in [-0.05, 0) is 59.1 Å². The maximum absolute atomic E-state index is 12.9. The first-order valence-electron chi connectivity index (χ1n) is 9.72. The monoisotopic (exact) mass is 391 g/mol. The molecule has 7 heteroatoms. The van der Waals surface area contributed by atoms with Crippen molar-refractivity contribution in [2.45, 2.75) is 78.4 Å². The van der Waals surface area contributed by atoms with Crippen molar-refractivity contribution in [3.63, 3.8) is 0 Å². The van der Waals surface area contributed by atoms with E-state index in [1.165, 1.54) is 0 Å². The van der Waals surface area contributed by atoms with Crippen LogP contribution in [0.1, 0.15) is 54.9 Å². The minimum absolute atomic E-state index is 0.268. The van der Waals surface area contributed by atoms with E-state index >= 15 is 0 Å². The highest BCUT2D eigenvalue weighted by Gasteiger charge is 2.53. The van der Waals surface area contributed by atoms with Gasteiger partial charge in [-0.2, -0.15) is 0 Å². The molecule has 2 rings (SSSR count). The van der Waals surface area contributed by atoms with Crippen molar-refractivity contribution in [2.75, 3.05) is 5.43 Å². The zero-order valence-electron chi connectivity index (χ0n) is 17.9. The lowest BCUT2D eigenvalue weighted by molar-refractivity contribution is -0.138. The highest BCUT2D eigenvalue weighted by atomic mass is 16.6. The Balaban J connectivity index is 2.20. The van der Waals surface area contributed by atoms with Crippen molar-refractivity contribution < 1.29 is 19.1 Å². The first kappa shape index (κ1) is 22.0. The Bertz CT molecular complexity index is 683. The summed E-state index contributed by atoms with van der Waals surface area (Å²) >= 11 is 0. The molecule has 7 nitrogen and oxygen atoms in total. The average molecular weight is 392 g/mol. The van der Waals surface area contributed by atoms with Gasteiger partial charge in [0, 0.05) is 0 Å². The Morgan fingerprint density at radius 1 is 1.21 bits per heavy atom. The van der Waals surface area contributed by atoms with E-state index in [1.807, 2.05) is 51.1 Å². The molecule has 28 heavy (non-hydrogen) atoms. The standard InChI is InChI=1S/C21H33N3O4/c1-14(2)13-16-17(18(25)23-22-15-11-9-8-10-12-15)27-21(6,7)24(16)19(26)28-20(3,4)5/h8-12,14,16-17,22H,13H2,1-7H3,(H,23,25). The molecule has 2 unspecified atom stereocenters. The Morgan fingerprint density at radius 3 is 2.36 bits per heavy atom. The lowest BCUT2D eigenvalue weighted by Crippen LogP contribution is -2.52. The first-order chi connectivity index (χ1) is 12.9. The number of benzene rings is 1. The third-order valence-electron chi connectivity index (χ3n) is 4.34. The van der Waals surface area contributed by atoms with Crippen LogP contribution in [0.3, 0.4) is 0 Å². The minimum atomic E-state index is -0.962. The van der Waals surface area contributed by atoms with Crippen molar-refractivity contribution in [3.8, 4) is 0 Å². The van der Waals surface area contributed by atoms with Crippen LogP contribution in [-0.4, -0.2) is 40.4 Å². The number of nitrogens with one attached hydrogen (secondary N) is 2. The number of hydrazine groups is 1. The van der Waals surface area contributed by atoms with Crippen LogP contribution >= 0.6 is 0 Å². The molecular formula is C21H33N3O4. The van der Waals surface area contributed by atoms with Gasteiger partial charge in [0.1, 0.15) is 11.3 Å². The number of hydrogen-bond donors (Lipinski definition) is 2. The Labute approximate surface area is 167 Å². The van der Waals surface area contributed by atoms with Gasteiger partial charge in [0.05, 0.1) is 11.7 Å². The molecule has 1 aromatic carbocycles. The molecule has 1 saturated heterocycles. The van der Waals surface area contributed by atoms with Gasteiger partial charge in [0.15, 0.2) is 6.10 Å². The van der Waals surface area contributed by atoms with Crippen molar-refractivity contribution in [3.05, 3.63) is 30.3 Å². The molecule has 2 N–H and O–H groups in total. The SMILES string of the molecule is CC(C)CC1C(C(=O)NNc2ccccc2)OC(C)(C)N1C(=O)OC(C)(C)C. The molecular weight excluding hydrogens is 358 g/mol. The van der Waals surface area contributed by atoms with Crippen LogP contribution in [0.4, 0.5) is 10.5 Å². The maximum Gasteiger partial charge on any atom is 0.412 e. The van der Waals surface area contributed by atoms with Crippen molar-refractivity contribution in [1.82, 2.24) is 10.3 Å². The molecule has 0 spiro atoms. The molecule has 2 amide bonds. The Hall–Kier alpha value is -2.28. The molecule has 1 aliphatic heterocycles. The van der Waals surface area contributed by atoms with Gasteiger partial charge in [0.2, 0.25) is 0 Å². The molecule has 1 aromatic rings. The molecule has 156 valence electrons. The second-order valence-corrected chi connectivity index (χ2v) is 9.01. The minimum Gasteiger partial charge on any atom is -0.444 e. The number of ether oxygens (including phenoxy) is 2. The summed E-state index contributed by atoms with van der Waals surface area (Å²) in [6.07, 6.45) is -0.665. The number of para-hydroxylation sites is 1. The van der Waals surface area contributed by atoms with E-state index in [-0.39, 0.29) is 11.8 Å². The topological polar surface area (TPSA) is 79.9 Å². The fourth-order valence-corrected chi connectivity index (χ4v) is 3.31. The zero-order chi connectivity index (χ0) is 21.1. The number of hydrogen-bond acceptors (Lipinski definition) is 5. The van der Waals surface area contributed by atoms with Gasteiger partial charge >= 0.3 is 6.09 Å². The van der Waals surface area contributed by atoms with Gasteiger partial charge in [-0.25, -0.2) is 4.79 Å². The predicted molar refractivity (Wildman–Crippen MR) is 108 cm³/mol. The lowest BCUT2D eigenvalue weighted by Gasteiger charge is -2.35. The molecule has 2 atom stereocenters. The number of rotatable bonds is 5. The van der Waals surface area contributed by atoms with E-state index in [9.17, 15) is 9.59 Å². The third-order valence-corrected chi connectivity index (χ3v) is 4.34. The van der Waals surface area contributed by atoms with Crippen LogP contribution in [-0.2, 0) is 14.3 Å². The number of carbonyl (C=O) groups excluding carboxylic acids is 2. The van der Waals surface area contributed by atoms with Gasteiger partial charge in [-0.15, -0.1) is 0 Å². The third kappa shape index (κ3) is 5.61. The molecule has 1 fully saturated rings. The number of nitrogens with zero attached hydrogens (tertiary/aromatic N) is 1. The van der Waals surface area contributed by atoms with Crippen LogP contribution in [0.5, 0.6) is 0 Å². The summed E-state index contributed by atoms with van der Waals surface area (Å²) in [7, 11) is 0. The van der Waals surface area contributed by atoms with Crippen LogP contribution in [0, 0.1) is 5.92 Å². The lowest BCUT2D eigenvalue weighted by atomic mass is 9.98. The Morgan fingerprint density at radius 2 is 1.82 bits per heavy atom. The summed E-state index contributed by atoms with van der Waals surface area (Å²) in [5.41, 5.74) is 4.75. The largest absolute Gasteiger partial charge is 0.444 e. The van der Waals surface area contributed by atoms with Crippen molar-refractivity contribution >= 4 is 17.7 Å². The van der Waals surface area contributed by atoms with Crippen LogP contribution < -0.4 is 10.9 Å². The normalized spacial score (nSPS) is 21.5. The number of amides is 2. The summed E-state index contributed by atoms with van der Waals surface area (Å²) in [6.45, 7) is 13.1. The summed E-state index contributed by atoms with van der Waals surface area (Å²) in [6, 6.07) is 8.90. The fourth-order valence-electron chi connectivity index (χ4n) is 3.31. The van der Waals surface area contributed by atoms with Gasteiger partial charge in [0.25, 0.3) is 5.91 Å². The van der Waals surface area contributed by atoms with E-state index in [0.29, 0.717) is 6.42 Å². The second-order valence-electron chi connectivity index (χ2n) is 9.01. The maximum atomic E-state index is 12.9. The first-order valence-corrected chi connectivity index (χ1v) is 9.72. The molecule has 0 bridgehead atoms. The number of carbonyl (C=O) groups is 2. The van der Waals surface area contributed by atoms with Crippen LogP contribution in [0.2, 0.25) is 0 Å². The van der Waals surface area contributed by atoms with E-state index in [1.54, 1.807) is 18.7 Å². The Kier molecular flexibility index (Phi) is 6.59. The molecule has 0 aliphatic carbocycles. The van der Waals surface area contributed by atoms with Crippen LogP contribution in [0.25, 0.3) is 0 Å². The summed E-state index contributed by atoms with van der Waals surface area (Å²) in [5, 5.41) is 0. The fraction of sp³-hybridized carbons (Fsp3) is 0.619. The highest BCUT2D eigenvalue weighted by Crippen LogP contribution is 2.36. The number of anilines is 1. The second kappa shape index (κ2) is 8.39. The molecule has 0 radical (unpaired) electrons. The smallest absolute Gasteiger partial charge is 0.412 e. The summed E-state index contributed by atoms with van der Waals surface area (Å²) in [4.78, 5) is 27.3. The highest BCUT2D eigenvalue weighted by molar-refractivity contribution is 5.84. The van der Waals surface area contributed by atoms with Gasteiger partial charge in [-0.3, -0.25) is 20.5 Å². The zero-order valence-corrected chi connectivity index (χ0v) is 17.9. The predicted octanol–water partition coefficient (Wildman–Crippen LogP) is 3.92. The molecule has 0 aromatic heterocycles. The summed E-state index contributed by atoms with van der Waals surface area (Å²) in [5.74, 6) is -0.0570. The summed E-state index contributed by atoms with van der Waals surface area (Å²) < 4.78 is 11.6. The van der Waals surface area contributed by atoms with E-state index in [0.717, 1.165) is 5.69 Å². The van der Waals surface area contributed by atoms with E-state index in [2.05, 4.69) is 24.7 Å². The van der Waals surface area contributed by atoms with Gasteiger partial charge < -0.3 is 9.47 Å². The average Bonchev–Trinajstić information content (AvgIpc) is 2.82. The van der Waals surface area contributed by atoms with E-state index in [4.69, 9.17) is 9.47 Å². The molecule has 0 saturated carbocycles. The van der Waals surface area contributed by atoms with E-state index < -0.39 is 29.6 Å². The van der Waals surface area contributed by atoms with Crippen molar-refractivity contribution in [1.29, 1.82) is 0 Å². The van der Waals surface area contributed by atoms with Gasteiger partial charge in [-0.1, -0.05) is 32.0 Å².